The van der Waals surface area contributed by atoms with Gasteiger partial charge in [-0.15, -0.1) is 0 Å². The van der Waals surface area contributed by atoms with Gasteiger partial charge in [-0.25, -0.2) is 0 Å². The Morgan fingerprint density at radius 1 is 1.47 bits per heavy atom. The third-order valence-electron chi connectivity index (χ3n) is 2.59. The van der Waals surface area contributed by atoms with Crippen LogP contribution >= 0.6 is 0 Å². The summed E-state index contributed by atoms with van der Waals surface area (Å²) >= 11 is 0. The fourth-order valence-electron chi connectivity index (χ4n) is 1.62. The van der Waals surface area contributed by atoms with E-state index in [4.69, 9.17) is 4.65 Å². The molecule has 1 fully saturated rings. The standard InChI is InChI=1S/C12H13BO2/c1-9-5-3-4-6-11(9)7-12-10(2)8-15-13(12)14/h3-7,14H,2,8H2,1H3/b12-7+. The van der Waals surface area contributed by atoms with Gasteiger partial charge in [0.05, 0.1) is 6.61 Å². The minimum atomic E-state index is -0.822. The molecule has 2 rings (SSSR count). The molecule has 0 amide bonds. The van der Waals surface area contributed by atoms with Crippen LogP contribution in [0.2, 0.25) is 0 Å². The summed E-state index contributed by atoms with van der Waals surface area (Å²) in [4.78, 5) is 0. The van der Waals surface area contributed by atoms with Crippen LogP contribution in [-0.2, 0) is 4.65 Å². The van der Waals surface area contributed by atoms with Crippen molar-refractivity contribution in [3.63, 3.8) is 0 Å². The predicted molar refractivity (Wildman–Crippen MR) is 62.2 cm³/mol. The molecule has 1 saturated heterocycles. The summed E-state index contributed by atoms with van der Waals surface area (Å²) < 4.78 is 5.08. The second kappa shape index (κ2) is 4.05. The molecule has 1 aliphatic heterocycles. The maximum atomic E-state index is 9.56. The number of aryl methyl sites for hydroxylation is 1. The van der Waals surface area contributed by atoms with Crippen LogP contribution in [0.3, 0.4) is 0 Å². The lowest BCUT2D eigenvalue weighted by Gasteiger charge is -2.02. The average Bonchev–Trinajstić information content (AvgIpc) is 2.53. The monoisotopic (exact) mass is 200 g/mol. The first-order valence-corrected chi connectivity index (χ1v) is 4.93. The molecule has 1 aliphatic rings. The van der Waals surface area contributed by atoms with E-state index in [1.165, 1.54) is 5.56 Å². The van der Waals surface area contributed by atoms with Gasteiger partial charge in [0.1, 0.15) is 0 Å². The molecule has 0 atom stereocenters. The number of hydrogen-bond acceptors (Lipinski definition) is 2. The Labute approximate surface area is 90.0 Å². The average molecular weight is 200 g/mol. The summed E-state index contributed by atoms with van der Waals surface area (Å²) in [5.41, 5.74) is 3.91. The number of hydrogen-bond donors (Lipinski definition) is 1. The molecule has 0 unspecified atom stereocenters. The van der Waals surface area contributed by atoms with E-state index in [0.29, 0.717) is 6.61 Å². The molecule has 0 aliphatic carbocycles. The minimum absolute atomic E-state index is 0.416. The van der Waals surface area contributed by atoms with E-state index < -0.39 is 7.12 Å². The van der Waals surface area contributed by atoms with E-state index in [9.17, 15) is 5.02 Å². The fraction of sp³-hybridized carbons (Fsp3) is 0.167. The fourth-order valence-corrected chi connectivity index (χ4v) is 1.62. The van der Waals surface area contributed by atoms with Crippen molar-refractivity contribution in [3.05, 3.63) is 53.0 Å². The van der Waals surface area contributed by atoms with Crippen molar-refractivity contribution in [1.82, 2.24) is 0 Å². The highest BCUT2D eigenvalue weighted by atomic mass is 16.5. The van der Waals surface area contributed by atoms with Gasteiger partial charge in [-0.2, -0.15) is 0 Å². The SMILES string of the molecule is C=C1COB(O)/C1=C/c1ccccc1C. The van der Waals surface area contributed by atoms with Gasteiger partial charge in [0.25, 0.3) is 0 Å². The van der Waals surface area contributed by atoms with E-state index in [1.54, 1.807) is 0 Å². The molecule has 1 N–H and O–H groups in total. The summed E-state index contributed by atoms with van der Waals surface area (Å²) in [6, 6.07) is 8.02. The van der Waals surface area contributed by atoms with Gasteiger partial charge in [-0.3, -0.25) is 0 Å². The van der Waals surface area contributed by atoms with E-state index in [2.05, 4.69) is 6.58 Å². The van der Waals surface area contributed by atoms with Crippen molar-refractivity contribution in [2.75, 3.05) is 6.61 Å². The Balaban J connectivity index is 2.38. The van der Waals surface area contributed by atoms with Crippen LogP contribution in [0, 0.1) is 6.92 Å². The Hall–Kier alpha value is -1.32. The Bertz CT molecular complexity index is 423. The molecule has 1 heterocycles. The molecular formula is C12H13BO2. The first-order valence-electron chi connectivity index (χ1n) is 4.93. The zero-order valence-electron chi connectivity index (χ0n) is 8.73. The molecule has 3 heteroatoms. The molecule has 2 nitrogen and oxygen atoms in total. The summed E-state index contributed by atoms with van der Waals surface area (Å²) in [5.74, 6) is 0. The predicted octanol–water partition coefficient (Wildman–Crippen LogP) is 1.98. The van der Waals surface area contributed by atoms with Crippen LogP contribution in [0.1, 0.15) is 11.1 Å². The van der Waals surface area contributed by atoms with E-state index in [0.717, 1.165) is 16.6 Å². The summed E-state index contributed by atoms with van der Waals surface area (Å²) in [5, 5.41) is 9.56. The van der Waals surface area contributed by atoms with Crippen molar-refractivity contribution in [1.29, 1.82) is 0 Å². The van der Waals surface area contributed by atoms with Gasteiger partial charge in [0.2, 0.25) is 0 Å². The van der Waals surface area contributed by atoms with Crippen LogP contribution in [0.4, 0.5) is 0 Å². The number of rotatable bonds is 1. The molecule has 76 valence electrons. The Morgan fingerprint density at radius 3 is 2.80 bits per heavy atom. The quantitative estimate of drug-likeness (QED) is 0.702. The zero-order chi connectivity index (χ0) is 10.8. The van der Waals surface area contributed by atoms with Crippen LogP contribution in [0.15, 0.2) is 41.9 Å². The van der Waals surface area contributed by atoms with Gasteiger partial charge in [-0.05, 0) is 29.1 Å². The maximum absolute atomic E-state index is 9.56. The highest BCUT2D eigenvalue weighted by Gasteiger charge is 2.28. The molecule has 0 spiro atoms. The van der Waals surface area contributed by atoms with Crippen LogP contribution in [0.25, 0.3) is 6.08 Å². The molecule has 0 saturated carbocycles. The highest BCUT2D eigenvalue weighted by molar-refractivity contribution is 6.56. The van der Waals surface area contributed by atoms with Crippen molar-refractivity contribution in [2.24, 2.45) is 0 Å². The van der Waals surface area contributed by atoms with Crippen molar-refractivity contribution < 1.29 is 9.68 Å². The van der Waals surface area contributed by atoms with Crippen molar-refractivity contribution in [2.45, 2.75) is 6.92 Å². The molecule has 1 aromatic rings. The second-order valence-electron chi connectivity index (χ2n) is 3.72. The molecule has 0 bridgehead atoms. The van der Waals surface area contributed by atoms with Crippen molar-refractivity contribution >= 4 is 13.2 Å². The number of benzene rings is 1. The van der Waals surface area contributed by atoms with Gasteiger partial charge < -0.3 is 9.68 Å². The van der Waals surface area contributed by atoms with Gasteiger partial charge in [0, 0.05) is 0 Å². The lowest BCUT2D eigenvalue weighted by Crippen LogP contribution is -2.12. The summed E-state index contributed by atoms with van der Waals surface area (Å²) in [6.45, 7) is 6.31. The largest absolute Gasteiger partial charge is 0.491 e. The van der Waals surface area contributed by atoms with Crippen LogP contribution in [-0.4, -0.2) is 18.7 Å². The first kappa shape index (κ1) is 10.2. The topological polar surface area (TPSA) is 29.5 Å². The lowest BCUT2D eigenvalue weighted by molar-refractivity contribution is 0.316. The normalized spacial score (nSPS) is 18.9. The van der Waals surface area contributed by atoms with Crippen LogP contribution < -0.4 is 0 Å². The van der Waals surface area contributed by atoms with Crippen LogP contribution in [0.5, 0.6) is 0 Å². The first-order chi connectivity index (χ1) is 7.18. The smallest absolute Gasteiger partial charge is 0.423 e. The summed E-state index contributed by atoms with van der Waals surface area (Å²) in [6.07, 6.45) is 1.94. The van der Waals surface area contributed by atoms with E-state index in [-0.39, 0.29) is 0 Å². The van der Waals surface area contributed by atoms with Gasteiger partial charge in [0.15, 0.2) is 0 Å². The highest BCUT2D eigenvalue weighted by Crippen LogP contribution is 2.23. The minimum Gasteiger partial charge on any atom is -0.423 e. The molecule has 1 aromatic carbocycles. The molecule has 0 radical (unpaired) electrons. The van der Waals surface area contributed by atoms with Crippen molar-refractivity contribution in [3.8, 4) is 0 Å². The van der Waals surface area contributed by atoms with Gasteiger partial charge in [-0.1, -0.05) is 36.9 Å². The Morgan fingerprint density at radius 2 is 2.20 bits per heavy atom. The molecular weight excluding hydrogens is 187 g/mol. The van der Waals surface area contributed by atoms with Gasteiger partial charge >= 0.3 is 7.12 Å². The third-order valence-corrected chi connectivity index (χ3v) is 2.59. The molecule has 0 aromatic heterocycles. The lowest BCUT2D eigenvalue weighted by atomic mass is 9.77. The maximum Gasteiger partial charge on any atom is 0.491 e. The van der Waals surface area contributed by atoms with E-state index in [1.807, 2.05) is 37.3 Å². The molecule has 15 heavy (non-hydrogen) atoms. The third kappa shape index (κ3) is 2.03. The van der Waals surface area contributed by atoms with E-state index >= 15 is 0 Å². The summed E-state index contributed by atoms with van der Waals surface area (Å²) in [7, 11) is -0.822. The Kier molecular flexibility index (Phi) is 2.76. The zero-order valence-corrected chi connectivity index (χ0v) is 8.73. The second-order valence-corrected chi connectivity index (χ2v) is 3.72.